The minimum absolute atomic E-state index is 0.0582. The molecule has 2 amide bonds. The average molecular weight is 463 g/mol. The number of fused-ring (bicyclic) bond motifs is 5. The lowest BCUT2D eigenvalue weighted by Crippen LogP contribution is -2.53. The Hall–Kier alpha value is -3.35. The lowest BCUT2D eigenvalue weighted by atomic mass is 9.89. The van der Waals surface area contributed by atoms with Crippen LogP contribution in [0.5, 0.6) is 0 Å². The quantitative estimate of drug-likeness (QED) is 0.676. The monoisotopic (exact) mass is 462 g/mol. The molecule has 0 aromatic heterocycles. The fraction of sp³-hybridized carbons (Fsp3) is 0.444. The Kier molecular flexibility index (Phi) is 5.80. The SMILES string of the molecule is CC(C)[C@@H](NC(=O)OCC1c2ccccc2-c2ccccc21)C(=O)N1[C@@H]2CC[C@H]1[C@@H](C(=O)O)C2. The van der Waals surface area contributed by atoms with Crippen LogP contribution in [0.2, 0.25) is 0 Å². The summed E-state index contributed by atoms with van der Waals surface area (Å²) in [4.78, 5) is 39.5. The van der Waals surface area contributed by atoms with E-state index in [-0.39, 0.29) is 36.4 Å². The normalized spacial score (nSPS) is 23.5. The fourth-order valence-electron chi connectivity index (χ4n) is 6.04. The number of ether oxygens (including phenoxy) is 1. The van der Waals surface area contributed by atoms with Gasteiger partial charge in [0.1, 0.15) is 12.6 Å². The van der Waals surface area contributed by atoms with E-state index in [1.54, 1.807) is 4.90 Å². The molecule has 0 radical (unpaired) electrons. The fourth-order valence-corrected chi connectivity index (χ4v) is 6.04. The molecule has 34 heavy (non-hydrogen) atoms. The molecule has 2 saturated heterocycles. The molecule has 0 saturated carbocycles. The predicted molar refractivity (Wildman–Crippen MR) is 126 cm³/mol. The number of hydrogen-bond donors (Lipinski definition) is 2. The van der Waals surface area contributed by atoms with Crippen molar-refractivity contribution in [2.45, 2.75) is 57.2 Å². The third-order valence-electron chi connectivity index (χ3n) is 7.66. The van der Waals surface area contributed by atoms with Crippen LogP contribution in [0.15, 0.2) is 48.5 Å². The highest BCUT2D eigenvalue weighted by Crippen LogP contribution is 2.45. The van der Waals surface area contributed by atoms with Crippen molar-refractivity contribution in [1.82, 2.24) is 10.2 Å². The lowest BCUT2D eigenvalue weighted by molar-refractivity contribution is -0.143. The number of benzene rings is 2. The van der Waals surface area contributed by atoms with Crippen LogP contribution in [0, 0.1) is 11.8 Å². The van der Waals surface area contributed by atoms with E-state index in [9.17, 15) is 19.5 Å². The summed E-state index contributed by atoms with van der Waals surface area (Å²) < 4.78 is 5.65. The molecule has 0 spiro atoms. The second-order valence-electron chi connectivity index (χ2n) is 9.92. The smallest absolute Gasteiger partial charge is 0.407 e. The van der Waals surface area contributed by atoms with E-state index in [4.69, 9.17) is 4.74 Å². The molecule has 2 aliphatic heterocycles. The molecule has 2 aromatic rings. The second-order valence-corrected chi connectivity index (χ2v) is 9.92. The van der Waals surface area contributed by atoms with Gasteiger partial charge >= 0.3 is 12.1 Å². The highest BCUT2D eigenvalue weighted by Gasteiger charge is 2.52. The van der Waals surface area contributed by atoms with E-state index in [0.29, 0.717) is 12.8 Å². The largest absolute Gasteiger partial charge is 0.481 e. The van der Waals surface area contributed by atoms with Crippen LogP contribution in [0.4, 0.5) is 4.79 Å². The van der Waals surface area contributed by atoms with E-state index in [0.717, 1.165) is 28.7 Å². The van der Waals surface area contributed by atoms with Gasteiger partial charge in [-0.25, -0.2) is 4.79 Å². The van der Waals surface area contributed by atoms with Crippen molar-refractivity contribution in [2.75, 3.05) is 6.61 Å². The molecule has 0 unspecified atom stereocenters. The van der Waals surface area contributed by atoms with Crippen LogP contribution >= 0.6 is 0 Å². The Morgan fingerprint density at radius 3 is 2.21 bits per heavy atom. The zero-order valence-electron chi connectivity index (χ0n) is 19.4. The number of carboxylic acid groups (broad SMARTS) is 1. The van der Waals surface area contributed by atoms with Gasteiger partial charge < -0.3 is 20.1 Å². The van der Waals surface area contributed by atoms with Crippen molar-refractivity contribution in [3.8, 4) is 11.1 Å². The third kappa shape index (κ3) is 3.73. The van der Waals surface area contributed by atoms with Gasteiger partial charge in [-0.3, -0.25) is 9.59 Å². The summed E-state index contributed by atoms with van der Waals surface area (Å²) in [5, 5.41) is 12.3. The van der Waals surface area contributed by atoms with Crippen molar-refractivity contribution in [3.63, 3.8) is 0 Å². The molecule has 2 heterocycles. The molecule has 2 aromatic carbocycles. The number of carbonyl (C=O) groups is 3. The first kappa shape index (κ1) is 22.4. The van der Waals surface area contributed by atoms with Crippen LogP contribution in [0.3, 0.4) is 0 Å². The molecule has 1 aliphatic carbocycles. The molecule has 7 nitrogen and oxygen atoms in total. The number of hydrogen-bond acceptors (Lipinski definition) is 4. The molecule has 2 N–H and O–H groups in total. The van der Waals surface area contributed by atoms with Crippen molar-refractivity contribution < 1.29 is 24.2 Å². The maximum Gasteiger partial charge on any atom is 0.407 e. The first-order valence-electron chi connectivity index (χ1n) is 12.0. The summed E-state index contributed by atoms with van der Waals surface area (Å²) in [5.41, 5.74) is 4.56. The molecule has 4 atom stereocenters. The Morgan fingerprint density at radius 2 is 1.65 bits per heavy atom. The number of carboxylic acids is 1. The summed E-state index contributed by atoms with van der Waals surface area (Å²) in [7, 11) is 0. The van der Waals surface area contributed by atoms with Crippen LogP contribution in [-0.2, 0) is 14.3 Å². The summed E-state index contributed by atoms with van der Waals surface area (Å²) in [6.07, 6.45) is 1.37. The van der Waals surface area contributed by atoms with Crippen LogP contribution in [0.25, 0.3) is 11.1 Å². The van der Waals surface area contributed by atoms with Crippen LogP contribution in [-0.4, -0.2) is 52.7 Å². The minimum Gasteiger partial charge on any atom is -0.481 e. The number of nitrogens with zero attached hydrogens (tertiary/aromatic N) is 1. The number of rotatable bonds is 6. The van der Waals surface area contributed by atoms with E-state index >= 15 is 0 Å². The molecule has 2 bridgehead atoms. The number of aliphatic carboxylic acids is 1. The van der Waals surface area contributed by atoms with E-state index in [1.165, 1.54) is 0 Å². The van der Waals surface area contributed by atoms with Crippen LogP contribution in [0.1, 0.15) is 50.2 Å². The number of alkyl carbamates (subject to hydrolysis) is 1. The number of carbonyl (C=O) groups excluding carboxylic acids is 2. The van der Waals surface area contributed by atoms with E-state index in [2.05, 4.69) is 29.6 Å². The first-order chi connectivity index (χ1) is 16.4. The highest BCUT2D eigenvalue weighted by molar-refractivity contribution is 5.88. The Balaban J connectivity index is 1.27. The van der Waals surface area contributed by atoms with Crippen molar-refractivity contribution in [2.24, 2.45) is 11.8 Å². The topological polar surface area (TPSA) is 95.9 Å². The van der Waals surface area contributed by atoms with Gasteiger partial charge in [0.15, 0.2) is 0 Å². The Morgan fingerprint density at radius 1 is 1.03 bits per heavy atom. The molecular weight excluding hydrogens is 432 g/mol. The maximum absolute atomic E-state index is 13.4. The summed E-state index contributed by atoms with van der Waals surface area (Å²) in [6.45, 7) is 3.92. The number of amides is 2. The summed E-state index contributed by atoms with van der Waals surface area (Å²) in [5.74, 6) is -1.80. The van der Waals surface area contributed by atoms with Gasteiger partial charge in [0, 0.05) is 18.0 Å². The molecule has 178 valence electrons. The molecule has 3 aliphatic rings. The van der Waals surface area contributed by atoms with Gasteiger partial charge in [0.05, 0.1) is 5.92 Å². The third-order valence-corrected chi connectivity index (χ3v) is 7.66. The van der Waals surface area contributed by atoms with Gasteiger partial charge in [0.25, 0.3) is 0 Å². The minimum atomic E-state index is -0.851. The summed E-state index contributed by atoms with van der Waals surface area (Å²) >= 11 is 0. The molecular formula is C27H30N2O5. The summed E-state index contributed by atoms with van der Waals surface area (Å²) in [6, 6.07) is 15.1. The van der Waals surface area contributed by atoms with E-state index in [1.807, 2.05) is 38.1 Å². The standard InChI is InChI=1S/C27H30N2O5/c1-15(2)24(25(30)29-16-11-12-23(29)21(13-16)26(31)32)28-27(33)34-14-22-19-9-5-3-7-17(19)18-8-4-6-10-20(18)22/h3-10,15-16,21-24H,11-14H2,1-2H3,(H,28,33)(H,31,32)/t16-,21+,23+,24-/m1/s1. The molecule has 5 rings (SSSR count). The van der Waals surface area contributed by atoms with Crippen molar-refractivity contribution in [3.05, 3.63) is 59.7 Å². The first-order valence-corrected chi connectivity index (χ1v) is 12.0. The Labute approximate surface area is 199 Å². The van der Waals surface area contributed by atoms with E-state index < -0.39 is 24.0 Å². The van der Waals surface area contributed by atoms with Crippen molar-refractivity contribution in [1.29, 1.82) is 0 Å². The average Bonchev–Trinajstić information content (AvgIpc) is 3.50. The van der Waals surface area contributed by atoms with Crippen molar-refractivity contribution >= 4 is 18.0 Å². The highest BCUT2D eigenvalue weighted by atomic mass is 16.5. The lowest BCUT2D eigenvalue weighted by Gasteiger charge is -2.30. The van der Waals surface area contributed by atoms with Gasteiger partial charge in [-0.2, -0.15) is 0 Å². The predicted octanol–water partition coefficient (Wildman–Crippen LogP) is 4.01. The zero-order chi connectivity index (χ0) is 24.0. The van der Waals surface area contributed by atoms with Gasteiger partial charge in [-0.1, -0.05) is 62.4 Å². The molecule has 7 heteroatoms. The molecule has 2 fully saturated rings. The van der Waals surface area contributed by atoms with Crippen LogP contribution < -0.4 is 5.32 Å². The van der Waals surface area contributed by atoms with Gasteiger partial charge in [-0.15, -0.1) is 0 Å². The second kappa shape index (κ2) is 8.78. The zero-order valence-corrected chi connectivity index (χ0v) is 19.4. The Bertz CT molecular complexity index is 1080. The number of nitrogens with one attached hydrogen (secondary N) is 1. The van der Waals surface area contributed by atoms with Gasteiger partial charge in [-0.05, 0) is 47.4 Å². The maximum atomic E-state index is 13.4. The van der Waals surface area contributed by atoms with Gasteiger partial charge in [0.2, 0.25) is 5.91 Å².